The number of para-hydroxylation sites is 1. The summed E-state index contributed by atoms with van der Waals surface area (Å²) in [7, 11) is 1.67. The van der Waals surface area contributed by atoms with Crippen LogP contribution < -0.4 is 10.1 Å². The molecule has 1 atom stereocenters. The zero-order valence-corrected chi connectivity index (χ0v) is 16.1. The van der Waals surface area contributed by atoms with Crippen LogP contribution >= 0.6 is 0 Å². The Balaban J connectivity index is 1.50. The van der Waals surface area contributed by atoms with Gasteiger partial charge in [-0.25, -0.2) is 0 Å². The molecule has 1 unspecified atom stereocenters. The zero-order chi connectivity index (χ0) is 19.6. The van der Waals surface area contributed by atoms with Gasteiger partial charge >= 0.3 is 0 Å². The number of fused-ring (bicyclic) bond motifs is 1. The molecule has 28 heavy (non-hydrogen) atoms. The van der Waals surface area contributed by atoms with Crippen LogP contribution in [0.3, 0.4) is 0 Å². The van der Waals surface area contributed by atoms with Gasteiger partial charge in [-0.3, -0.25) is 14.6 Å². The van der Waals surface area contributed by atoms with Crippen LogP contribution in [0.15, 0.2) is 48.8 Å². The maximum Gasteiger partial charge on any atom is 0.255 e. The van der Waals surface area contributed by atoms with E-state index in [0.717, 1.165) is 30.6 Å². The number of carbonyl (C=O) groups excluding carboxylic acids is 2. The summed E-state index contributed by atoms with van der Waals surface area (Å²) in [5, 5.41) is 2.74. The minimum Gasteiger partial charge on any atom is -0.487 e. The fourth-order valence-electron chi connectivity index (χ4n) is 4.35. The smallest absolute Gasteiger partial charge is 0.255 e. The Morgan fingerprint density at radius 2 is 2.00 bits per heavy atom. The molecule has 1 saturated heterocycles. The number of benzene rings is 1. The summed E-state index contributed by atoms with van der Waals surface area (Å²) >= 11 is 0. The minimum atomic E-state index is -0.321. The summed E-state index contributed by atoms with van der Waals surface area (Å²) in [6, 6.07) is 11.6. The van der Waals surface area contributed by atoms with Crippen molar-refractivity contribution in [3.63, 3.8) is 0 Å². The summed E-state index contributed by atoms with van der Waals surface area (Å²) in [5.74, 6) is 1.06. The number of nitrogens with one attached hydrogen (secondary N) is 1. The number of aromatic nitrogens is 1. The Morgan fingerprint density at radius 1 is 1.21 bits per heavy atom. The Morgan fingerprint density at radius 3 is 2.71 bits per heavy atom. The molecule has 2 amide bonds. The molecule has 6 heteroatoms. The molecule has 1 fully saturated rings. The lowest BCUT2D eigenvalue weighted by atomic mass is 9.76. The van der Waals surface area contributed by atoms with Crippen molar-refractivity contribution in [2.24, 2.45) is 0 Å². The first-order chi connectivity index (χ1) is 13.6. The van der Waals surface area contributed by atoms with Gasteiger partial charge in [-0.05, 0) is 30.2 Å². The molecule has 1 spiro atoms. The lowest BCUT2D eigenvalue weighted by Crippen LogP contribution is -2.52. The standard InChI is InChI=1S/C22H25N3O3/c1-23-20(26)13-17-14-22(28-19-7-3-2-6-18(17)19)8-11-25(12-9-22)21(27)16-5-4-10-24-15-16/h2-7,10,15,17H,8-9,11-14H2,1H3,(H,23,26). The molecule has 1 aromatic carbocycles. The molecule has 4 rings (SSSR count). The molecule has 0 radical (unpaired) electrons. The van der Waals surface area contributed by atoms with Crippen molar-refractivity contribution < 1.29 is 14.3 Å². The van der Waals surface area contributed by atoms with Gasteiger partial charge in [-0.2, -0.15) is 0 Å². The maximum atomic E-state index is 12.7. The molecule has 0 bridgehead atoms. The highest BCUT2D eigenvalue weighted by molar-refractivity contribution is 5.93. The normalized spacial score (nSPS) is 20.2. The monoisotopic (exact) mass is 379 g/mol. The number of pyridine rings is 1. The summed E-state index contributed by atoms with van der Waals surface area (Å²) in [5.41, 5.74) is 1.40. The number of hydrogen-bond acceptors (Lipinski definition) is 4. The molecule has 6 nitrogen and oxygen atoms in total. The van der Waals surface area contributed by atoms with Gasteiger partial charge in [0.1, 0.15) is 11.4 Å². The van der Waals surface area contributed by atoms with Crippen LogP contribution in [0.2, 0.25) is 0 Å². The van der Waals surface area contributed by atoms with Crippen LogP contribution in [-0.2, 0) is 4.79 Å². The van der Waals surface area contributed by atoms with Gasteiger partial charge in [0.25, 0.3) is 5.91 Å². The van der Waals surface area contributed by atoms with Gasteiger partial charge in [0.05, 0.1) is 5.56 Å². The molecule has 1 aromatic heterocycles. The van der Waals surface area contributed by atoms with Crippen LogP contribution in [0.5, 0.6) is 5.75 Å². The van der Waals surface area contributed by atoms with Crippen molar-refractivity contribution in [2.75, 3.05) is 20.1 Å². The second-order valence-corrected chi connectivity index (χ2v) is 7.64. The average molecular weight is 379 g/mol. The highest BCUT2D eigenvalue weighted by atomic mass is 16.5. The zero-order valence-electron chi connectivity index (χ0n) is 16.1. The summed E-state index contributed by atoms with van der Waals surface area (Å²) in [6.07, 6.45) is 6.06. The molecule has 0 saturated carbocycles. The Kier molecular flexibility index (Phi) is 5.03. The molecule has 1 N–H and O–H groups in total. The molecule has 3 heterocycles. The van der Waals surface area contributed by atoms with Crippen molar-refractivity contribution in [1.29, 1.82) is 0 Å². The lowest BCUT2D eigenvalue weighted by molar-refractivity contribution is -0.121. The SMILES string of the molecule is CNC(=O)CC1CC2(CCN(C(=O)c3cccnc3)CC2)Oc2ccccc21. The highest BCUT2D eigenvalue weighted by Crippen LogP contribution is 2.46. The van der Waals surface area contributed by atoms with E-state index in [9.17, 15) is 9.59 Å². The van der Waals surface area contributed by atoms with Crippen molar-refractivity contribution >= 4 is 11.8 Å². The largest absolute Gasteiger partial charge is 0.487 e. The maximum absolute atomic E-state index is 12.7. The van der Waals surface area contributed by atoms with Crippen molar-refractivity contribution in [3.8, 4) is 5.75 Å². The first-order valence-corrected chi connectivity index (χ1v) is 9.78. The Hall–Kier alpha value is -2.89. The van der Waals surface area contributed by atoms with Crippen LogP contribution in [0.1, 0.15) is 47.5 Å². The third kappa shape index (κ3) is 3.59. The van der Waals surface area contributed by atoms with Gasteiger partial charge in [-0.1, -0.05) is 18.2 Å². The van der Waals surface area contributed by atoms with Crippen molar-refractivity contribution in [2.45, 2.75) is 37.2 Å². The first kappa shape index (κ1) is 18.5. The van der Waals surface area contributed by atoms with E-state index in [4.69, 9.17) is 4.74 Å². The summed E-state index contributed by atoms with van der Waals surface area (Å²) in [6.45, 7) is 1.28. The number of nitrogens with zero attached hydrogens (tertiary/aromatic N) is 2. The molecular weight excluding hydrogens is 354 g/mol. The van der Waals surface area contributed by atoms with Gasteiger partial charge < -0.3 is 15.0 Å². The van der Waals surface area contributed by atoms with Crippen LogP contribution in [0.4, 0.5) is 0 Å². The predicted octanol–water partition coefficient (Wildman–Crippen LogP) is 2.76. The molecule has 2 aromatic rings. The molecule has 0 aliphatic carbocycles. The van der Waals surface area contributed by atoms with E-state index >= 15 is 0 Å². The fourth-order valence-corrected chi connectivity index (χ4v) is 4.35. The van der Waals surface area contributed by atoms with Crippen LogP contribution in [0.25, 0.3) is 0 Å². The second kappa shape index (κ2) is 7.62. The summed E-state index contributed by atoms with van der Waals surface area (Å²) in [4.78, 5) is 30.7. The van der Waals surface area contributed by atoms with E-state index in [0.29, 0.717) is 25.1 Å². The fraction of sp³-hybridized carbons (Fsp3) is 0.409. The van der Waals surface area contributed by atoms with Gasteiger partial charge in [0, 0.05) is 57.7 Å². The van der Waals surface area contributed by atoms with Gasteiger partial charge in [0.2, 0.25) is 5.91 Å². The first-order valence-electron chi connectivity index (χ1n) is 9.78. The number of likely N-dealkylation sites (tertiary alicyclic amines) is 1. The highest BCUT2D eigenvalue weighted by Gasteiger charge is 2.44. The van der Waals surface area contributed by atoms with Crippen molar-refractivity contribution in [3.05, 3.63) is 59.9 Å². The Labute approximate surface area is 164 Å². The average Bonchev–Trinajstić information content (AvgIpc) is 2.74. The minimum absolute atomic E-state index is 0.0149. The summed E-state index contributed by atoms with van der Waals surface area (Å²) < 4.78 is 6.46. The molecule has 146 valence electrons. The third-order valence-electron chi connectivity index (χ3n) is 5.88. The predicted molar refractivity (Wildman–Crippen MR) is 105 cm³/mol. The molecule has 2 aliphatic rings. The van der Waals surface area contributed by atoms with Crippen LogP contribution in [0, 0.1) is 0 Å². The number of piperidine rings is 1. The lowest BCUT2D eigenvalue weighted by Gasteiger charge is -2.47. The third-order valence-corrected chi connectivity index (χ3v) is 5.88. The molecular formula is C22H25N3O3. The van der Waals surface area contributed by atoms with E-state index < -0.39 is 0 Å². The van der Waals surface area contributed by atoms with E-state index in [2.05, 4.69) is 16.4 Å². The van der Waals surface area contributed by atoms with Gasteiger partial charge in [0.15, 0.2) is 0 Å². The number of ether oxygens (including phenoxy) is 1. The Bertz CT molecular complexity index is 860. The second-order valence-electron chi connectivity index (χ2n) is 7.64. The van der Waals surface area contributed by atoms with Gasteiger partial charge in [-0.15, -0.1) is 0 Å². The number of amides is 2. The number of rotatable bonds is 3. The van der Waals surface area contributed by atoms with E-state index in [1.807, 2.05) is 23.1 Å². The number of carbonyl (C=O) groups is 2. The van der Waals surface area contributed by atoms with Crippen LogP contribution in [-0.4, -0.2) is 47.4 Å². The van der Waals surface area contributed by atoms with E-state index in [1.54, 1.807) is 31.6 Å². The topological polar surface area (TPSA) is 71.5 Å². The quantitative estimate of drug-likeness (QED) is 0.890. The van der Waals surface area contributed by atoms with E-state index in [-0.39, 0.29) is 23.3 Å². The van der Waals surface area contributed by atoms with Crippen molar-refractivity contribution in [1.82, 2.24) is 15.2 Å². The number of hydrogen-bond donors (Lipinski definition) is 1. The van der Waals surface area contributed by atoms with E-state index in [1.165, 1.54) is 0 Å². The molecule has 2 aliphatic heterocycles.